The van der Waals surface area contributed by atoms with Gasteiger partial charge in [0.15, 0.2) is 0 Å². The van der Waals surface area contributed by atoms with E-state index in [1.165, 1.54) is 5.56 Å². The molecule has 0 radical (unpaired) electrons. The van der Waals surface area contributed by atoms with Crippen molar-refractivity contribution in [2.24, 2.45) is 0 Å². The molecule has 8 nitrogen and oxygen atoms in total. The van der Waals surface area contributed by atoms with E-state index in [-0.39, 0.29) is 5.91 Å². The second kappa shape index (κ2) is 10.3. The maximum atomic E-state index is 12.3. The SMILES string of the molecule is CN1CCN(Cc2cccc(CNC(=O)CCc3nc(-c4cccnc4)no3)c2)CC1. The van der Waals surface area contributed by atoms with Gasteiger partial charge in [0.1, 0.15) is 0 Å². The number of nitrogens with zero attached hydrogens (tertiary/aromatic N) is 5. The summed E-state index contributed by atoms with van der Waals surface area (Å²) in [6.07, 6.45) is 4.08. The van der Waals surface area contributed by atoms with Crippen LogP contribution in [0.4, 0.5) is 0 Å². The maximum Gasteiger partial charge on any atom is 0.227 e. The van der Waals surface area contributed by atoms with E-state index >= 15 is 0 Å². The smallest absolute Gasteiger partial charge is 0.227 e. The number of aromatic nitrogens is 3. The standard InChI is InChI=1S/C23H28N6O2/c1-28-10-12-29(13-11-28)17-19-5-2-4-18(14-19)15-25-21(30)7-8-22-26-23(27-31-22)20-6-3-9-24-16-20/h2-6,9,14,16H,7-8,10-13,15,17H2,1H3,(H,25,30). The number of carbonyl (C=O) groups is 1. The van der Waals surface area contributed by atoms with Gasteiger partial charge >= 0.3 is 0 Å². The van der Waals surface area contributed by atoms with Crippen LogP contribution in [-0.4, -0.2) is 64.1 Å². The molecular formula is C23H28N6O2. The average Bonchev–Trinajstić information content (AvgIpc) is 3.28. The number of hydrogen-bond donors (Lipinski definition) is 1. The minimum atomic E-state index is -0.0365. The molecule has 0 spiro atoms. The Bertz CT molecular complexity index is 982. The fraction of sp³-hybridized carbons (Fsp3) is 0.391. The molecule has 0 unspecified atom stereocenters. The molecule has 1 fully saturated rings. The first-order chi connectivity index (χ1) is 15.2. The lowest BCUT2D eigenvalue weighted by Crippen LogP contribution is -2.43. The summed E-state index contributed by atoms with van der Waals surface area (Å²) in [7, 11) is 2.17. The summed E-state index contributed by atoms with van der Waals surface area (Å²) in [6.45, 7) is 5.87. The van der Waals surface area contributed by atoms with E-state index in [2.05, 4.69) is 55.5 Å². The summed E-state index contributed by atoms with van der Waals surface area (Å²) in [5.41, 5.74) is 3.18. The quantitative estimate of drug-likeness (QED) is 0.597. The lowest BCUT2D eigenvalue weighted by molar-refractivity contribution is -0.121. The number of amides is 1. The van der Waals surface area contributed by atoms with Crippen molar-refractivity contribution in [2.45, 2.75) is 25.9 Å². The molecule has 1 amide bonds. The van der Waals surface area contributed by atoms with Crippen LogP contribution in [0.3, 0.4) is 0 Å². The van der Waals surface area contributed by atoms with Gasteiger partial charge in [-0.15, -0.1) is 0 Å². The summed E-state index contributed by atoms with van der Waals surface area (Å²) < 4.78 is 5.25. The first-order valence-electron chi connectivity index (χ1n) is 10.6. The van der Waals surface area contributed by atoms with Crippen LogP contribution in [0.5, 0.6) is 0 Å². The third-order valence-corrected chi connectivity index (χ3v) is 5.44. The molecule has 1 saturated heterocycles. The first kappa shape index (κ1) is 21.1. The summed E-state index contributed by atoms with van der Waals surface area (Å²) in [5, 5.41) is 6.94. The van der Waals surface area contributed by atoms with Crippen LogP contribution in [0, 0.1) is 0 Å². The molecule has 3 heterocycles. The van der Waals surface area contributed by atoms with E-state index in [0.717, 1.165) is 43.9 Å². The van der Waals surface area contributed by atoms with E-state index in [1.54, 1.807) is 12.4 Å². The van der Waals surface area contributed by atoms with E-state index in [9.17, 15) is 4.79 Å². The fourth-order valence-corrected chi connectivity index (χ4v) is 3.58. The highest BCUT2D eigenvalue weighted by atomic mass is 16.5. The minimum absolute atomic E-state index is 0.0365. The number of nitrogens with one attached hydrogen (secondary N) is 1. The van der Waals surface area contributed by atoms with Crippen LogP contribution in [0.15, 0.2) is 53.3 Å². The molecule has 2 aromatic heterocycles. The van der Waals surface area contributed by atoms with Crippen molar-refractivity contribution in [2.75, 3.05) is 33.2 Å². The Morgan fingerprint density at radius 2 is 1.97 bits per heavy atom. The molecule has 0 atom stereocenters. The van der Waals surface area contributed by atoms with Gasteiger partial charge in [0.05, 0.1) is 0 Å². The van der Waals surface area contributed by atoms with Gasteiger partial charge in [-0.3, -0.25) is 14.7 Å². The Labute approximate surface area is 182 Å². The normalized spacial score (nSPS) is 15.1. The summed E-state index contributed by atoms with van der Waals surface area (Å²) in [5.74, 6) is 0.898. The lowest BCUT2D eigenvalue weighted by Gasteiger charge is -2.32. The summed E-state index contributed by atoms with van der Waals surface area (Å²) in [6, 6.07) is 12.1. The molecule has 0 bridgehead atoms. The van der Waals surface area contributed by atoms with Crippen molar-refractivity contribution in [3.63, 3.8) is 0 Å². The van der Waals surface area contributed by atoms with Gasteiger partial charge in [-0.25, -0.2) is 0 Å². The Morgan fingerprint density at radius 1 is 1.13 bits per heavy atom. The predicted molar refractivity (Wildman–Crippen MR) is 117 cm³/mol. The second-order valence-electron chi connectivity index (χ2n) is 7.93. The molecule has 162 valence electrons. The molecule has 1 aliphatic heterocycles. The van der Waals surface area contributed by atoms with Crippen molar-refractivity contribution in [1.29, 1.82) is 0 Å². The second-order valence-corrected chi connectivity index (χ2v) is 7.93. The molecule has 8 heteroatoms. The number of piperazine rings is 1. The zero-order valence-corrected chi connectivity index (χ0v) is 17.8. The molecule has 0 saturated carbocycles. The molecule has 4 rings (SSSR count). The lowest BCUT2D eigenvalue weighted by atomic mass is 10.1. The summed E-state index contributed by atoms with van der Waals surface area (Å²) >= 11 is 0. The summed E-state index contributed by atoms with van der Waals surface area (Å²) in [4.78, 5) is 25.5. The number of pyridine rings is 1. The van der Waals surface area contributed by atoms with Crippen LogP contribution in [-0.2, 0) is 24.3 Å². The minimum Gasteiger partial charge on any atom is -0.352 e. The van der Waals surface area contributed by atoms with Crippen molar-refractivity contribution in [3.8, 4) is 11.4 Å². The number of hydrogen-bond acceptors (Lipinski definition) is 7. The van der Waals surface area contributed by atoms with Crippen LogP contribution in [0.1, 0.15) is 23.4 Å². The van der Waals surface area contributed by atoms with Crippen LogP contribution in [0.25, 0.3) is 11.4 Å². The van der Waals surface area contributed by atoms with Gasteiger partial charge in [-0.2, -0.15) is 4.98 Å². The average molecular weight is 421 g/mol. The van der Waals surface area contributed by atoms with E-state index in [1.807, 2.05) is 18.2 Å². The highest BCUT2D eigenvalue weighted by molar-refractivity contribution is 5.76. The van der Waals surface area contributed by atoms with Crippen molar-refractivity contribution in [3.05, 3.63) is 65.8 Å². The highest BCUT2D eigenvalue weighted by Gasteiger charge is 2.14. The van der Waals surface area contributed by atoms with Crippen LogP contribution in [0.2, 0.25) is 0 Å². The van der Waals surface area contributed by atoms with Gasteiger partial charge in [0, 0.05) is 70.1 Å². The molecule has 1 aromatic carbocycles. The number of likely N-dealkylation sites (N-methyl/N-ethyl adjacent to an activating group) is 1. The molecule has 0 aliphatic carbocycles. The Morgan fingerprint density at radius 3 is 2.77 bits per heavy atom. The van der Waals surface area contributed by atoms with E-state index in [0.29, 0.717) is 31.1 Å². The zero-order valence-electron chi connectivity index (χ0n) is 17.8. The van der Waals surface area contributed by atoms with Gasteiger partial charge in [-0.1, -0.05) is 29.4 Å². The van der Waals surface area contributed by atoms with Gasteiger partial charge in [0.25, 0.3) is 0 Å². The predicted octanol–water partition coefficient (Wildman–Crippen LogP) is 2.13. The van der Waals surface area contributed by atoms with Crippen LogP contribution >= 0.6 is 0 Å². The van der Waals surface area contributed by atoms with Gasteiger partial charge < -0.3 is 14.7 Å². The first-order valence-corrected chi connectivity index (χ1v) is 10.6. The topological polar surface area (TPSA) is 87.4 Å². The number of benzene rings is 1. The third-order valence-electron chi connectivity index (χ3n) is 5.44. The van der Waals surface area contributed by atoms with E-state index < -0.39 is 0 Å². The Hall–Kier alpha value is -3.10. The number of carbonyl (C=O) groups excluding carboxylic acids is 1. The maximum absolute atomic E-state index is 12.3. The Balaban J connectivity index is 1.22. The zero-order chi connectivity index (χ0) is 21.5. The number of aryl methyl sites for hydroxylation is 1. The molecule has 1 N–H and O–H groups in total. The molecule has 31 heavy (non-hydrogen) atoms. The highest BCUT2D eigenvalue weighted by Crippen LogP contribution is 2.14. The van der Waals surface area contributed by atoms with Crippen molar-refractivity contribution < 1.29 is 9.32 Å². The largest absolute Gasteiger partial charge is 0.352 e. The monoisotopic (exact) mass is 420 g/mol. The molecule has 3 aromatic rings. The van der Waals surface area contributed by atoms with Gasteiger partial charge in [-0.05, 0) is 30.3 Å². The third kappa shape index (κ3) is 6.19. The Kier molecular flexibility index (Phi) is 7.01. The molecular weight excluding hydrogens is 392 g/mol. The van der Waals surface area contributed by atoms with Crippen LogP contribution < -0.4 is 5.32 Å². The molecule has 1 aliphatic rings. The van der Waals surface area contributed by atoms with Crippen molar-refractivity contribution in [1.82, 2.24) is 30.2 Å². The fourth-order valence-electron chi connectivity index (χ4n) is 3.58. The van der Waals surface area contributed by atoms with E-state index in [4.69, 9.17) is 4.52 Å². The van der Waals surface area contributed by atoms with Gasteiger partial charge in [0.2, 0.25) is 17.6 Å². The van der Waals surface area contributed by atoms with Crippen molar-refractivity contribution >= 4 is 5.91 Å². The number of rotatable bonds is 8.